The third-order valence-corrected chi connectivity index (χ3v) is 7.87. The van der Waals surface area contributed by atoms with Crippen molar-refractivity contribution in [3.05, 3.63) is 12.1 Å². The monoisotopic (exact) mass is 343 g/mol. The second kappa shape index (κ2) is 5.04. The zero-order valence-electron chi connectivity index (χ0n) is 11.1. The van der Waals surface area contributed by atoms with Crippen LogP contribution < -0.4 is 13.2 Å². The Labute approximate surface area is 107 Å². The van der Waals surface area contributed by atoms with Crippen molar-refractivity contribution in [2.75, 3.05) is 6.61 Å². The predicted molar refractivity (Wildman–Crippen MR) is 72.0 cm³/mol. The van der Waals surface area contributed by atoms with E-state index in [1.807, 2.05) is 13.0 Å². The second-order valence-electron chi connectivity index (χ2n) is 5.50. The van der Waals surface area contributed by atoms with Crippen molar-refractivity contribution >= 4 is 22.1 Å². The summed E-state index contributed by atoms with van der Waals surface area (Å²) in [5, 5.41) is 0. The van der Waals surface area contributed by atoms with E-state index in [0.29, 0.717) is 18.6 Å². The Kier molecular flexibility index (Phi) is 3.85. The molecule has 4 heteroatoms. The number of aromatic nitrogens is 1. The van der Waals surface area contributed by atoms with Crippen molar-refractivity contribution in [2.24, 2.45) is 0 Å². The molecule has 17 heavy (non-hydrogen) atoms. The first kappa shape index (κ1) is 13.0. The molecule has 0 N–H and O–H groups in total. The molecular formula is C13H21NO2Sn. The summed E-state index contributed by atoms with van der Waals surface area (Å²) in [4.78, 5) is 11.7. The summed E-state index contributed by atoms with van der Waals surface area (Å²) in [5.74, 6) is 1.50. The molecular weight excluding hydrogens is 321 g/mol. The van der Waals surface area contributed by atoms with Crippen LogP contribution in [-0.4, -0.2) is 36.1 Å². The number of hydrogen-bond acceptors (Lipinski definition) is 3. The van der Waals surface area contributed by atoms with E-state index in [1.54, 1.807) is 0 Å². The predicted octanol–water partition coefficient (Wildman–Crippen LogP) is 2.57. The first-order valence-corrected chi connectivity index (χ1v) is 16.3. The molecule has 0 spiro atoms. The maximum absolute atomic E-state index is 5.81. The summed E-state index contributed by atoms with van der Waals surface area (Å²) in [5.41, 5.74) is 0. The van der Waals surface area contributed by atoms with Crippen molar-refractivity contribution < 1.29 is 9.47 Å². The van der Waals surface area contributed by atoms with Crippen LogP contribution in [0.5, 0.6) is 11.6 Å². The van der Waals surface area contributed by atoms with E-state index in [2.05, 4.69) is 25.9 Å². The van der Waals surface area contributed by atoms with Crippen LogP contribution in [0.25, 0.3) is 0 Å². The molecule has 2 rings (SSSR count). The molecule has 0 saturated heterocycles. The summed E-state index contributed by atoms with van der Waals surface area (Å²) in [6.07, 6.45) is 2.71. The Morgan fingerprint density at radius 3 is 2.53 bits per heavy atom. The fourth-order valence-electron chi connectivity index (χ4n) is 1.54. The molecule has 1 aromatic rings. The van der Waals surface area contributed by atoms with Gasteiger partial charge in [-0.2, -0.15) is 0 Å². The zero-order chi connectivity index (χ0) is 12.5. The summed E-state index contributed by atoms with van der Waals surface area (Å²) in [6, 6.07) is 4.16. The summed E-state index contributed by atoms with van der Waals surface area (Å²) < 4.78 is 12.7. The van der Waals surface area contributed by atoms with Gasteiger partial charge in [0.25, 0.3) is 0 Å². The summed E-state index contributed by atoms with van der Waals surface area (Å²) in [7, 11) is 0. The van der Waals surface area contributed by atoms with Crippen LogP contribution in [-0.2, 0) is 0 Å². The standard InChI is InChI=1S/C10H12NO2.3CH3.Sn/c1-2-12-10-9(4-3-7-11-10)13-8-5-6-8;;;;/h3-4,8H,2,5-6H2,1H3;3*1H3;. The van der Waals surface area contributed by atoms with Crippen LogP contribution in [0.1, 0.15) is 19.8 Å². The van der Waals surface area contributed by atoms with E-state index in [4.69, 9.17) is 9.47 Å². The van der Waals surface area contributed by atoms with Crippen molar-refractivity contribution in [2.45, 2.75) is 40.7 Å². The van der Waals surface area contributed by atoms with Gasteiger partial charge in [-0.05, 0) is 0 Å². The van der Waals surface area contributed by atoms with Gasteiger partial charge in [-0.3, -0.25) is 0 Å². The van der Waals surface area contributed by atoms with Gasteiger partial charge in [0.15, 0.2) is 0 Å². The van der Waals surface area contributed by atoms with Crippen LogP contribution in [0, 0.1) is 0 Å². The molecule has 0 radical (unpaired) electrons. The molecule has 0 amide bonds. The number of nitrogens with zero attached hydrogens (tertiary/aromatic N) is 1. The average Bonchev–Trinajstić information content (AvgIpc) is 3.03. The Morgan fingerprint density at radius 2 is 2.00 bits per heavy atom. The molecule has 1 saturated carbocycles. The van der Waals surface area contributed by atoms with E-state index in [-0.39, 0.29) is 0 Å². The van der Waals surface area contributed by atoms with E-state index in [0.717, 1.165) is 18.6 Å². The third-order valence-electron chi connectivity index (χ3n) is 2.69. The Balaban J connectivity index is 2.26. The quantitative estimate of drug-likeness (QED) is 0.771. The van der Waals surface area contributed by atoms with Crippen LogP contribution in [0.15, 0.2) is 12.1 Å². The fraction of sp³-hybridized carbons (Fsp3) is 0.615. The average molecular weight is 342 g/mol. The van der Waals surface area contributed by atoms with Gasteiger partial charge < -0.3 is 0 Å². The second-order valence-corrected chi connectivity index (χ2v) is 19.8. The first-order valence-electron chi connectivity index (χ1n) is 6.31. The van der Waals surface area contributed by atoms with Gasteiger partial charge in [-0.1, -0.05) is 0 Å². The molecule has 0 unspecified atom stereocenters. The fourth-order valence-corrected chi connectivity index (χ4v) is 4.45. The maximum atomic E-state index is 5.81. The van der Waals surface area contributed by atoms with Gasteiger partial charge in [0.1, 0.15) is 0 Å². The van der Waals surface area contributed by atoms with E-state index in [9.17, 15) is 0 Å². The number of rotatable bonds is 5. The Hall–Kier alpha value is -0.451. The van der Waals surface area contributed by atoms with Crippen LogP contribution in [0.2, 0.25) is 14.8 Å². The SMILES string of the molecule is CCOc1n[c]([Sn]([CH3])([CH3])[CH3])ccc1OC1CC1. The zero-order valence-corrected chi connectivity index (χ0v) is 14.0. The van der Waals surface area contributed by atoms with E-state index >= 15 is 0 Å². The van der Waals surface area contributed by atoms with Crippen molar-refractivity contribution in [3.8, 4) is 11.6 Å². The normalized spacial score (nSPS) is 15.8. The molecule has 94 valence electrons. The van der Waals surface area contributed by atoms with Crippen molar-refractivity contribution in [1.29, 1.82) is 0 Å². The van der Waals surface area contributed by atoms with Gasteiger partial charge in [-0.25, -0.2) is 0 Å². The minimum atomic E-state index is -2.11. The van der Waals surface area contributed by atoms with Crippen molar-refractivity contribution in [1.82, 2.24) is 4.98 Å². The molecule has 1 fully saturated rings. The molecule has 1 aliphatic rings. The Morgan fingerprint density at radius 1 is 1.29 bits per heavy atom. The first-order chi connectivity index (χ1) is 8.00. The van der Waals surface area contributed by atoms with Gasteiger partial charge in [0.2, 0.25) is 0 Å². The van der Waals surface area contributed by atoms with E-state index < -0.39 is 18.4 Å². The molecule has 0 bridgehead atoms. The number of pyridine rings is 1. The molecule has 1 aliphatic carbocycles. The molecule has 0 aliphatic heterocycles. The van der Waals surface area contributed by atoms with Crippen molar-refractivity contribution in [3.63, 3.8) is 0 Å². The molecule has 0 aromatic carbocycles. The third kappa shape index (κ3) is 3.50. The van der Waals surface area contributed by atoms with Crippen LogP contribution in [0.3, 0.4) is 0 Å². The van der Waals surface area contributed by atoms with Crippen LogP contribution >= 0.6 is 0 Å². The van der Waals surface area contributed by atoms with Gasteiger partial charge in [0, 0.05) is 0 Å². The van der Waals surface area contributed by atoms with E-state index in [1.165, 1.54) is 3.71 Å². The number of ether oxygens (including phenoxy) is 2. The molecule has 3 nitrogen and oxygen atoms in total. The molecule has 1 aromatic heterocycles. The summed E-state index contributed by atoms with van der Waals surface area (Å²) in [6.45, 7) is 2.62. The van der Waals surface area contributed by atoms with Gasteiger partial charge >= 0.3 is 108 Å². The van der Waals surface area contributed by atoms with Crippen LogP contribution in [0.4, 0.5) is 0 Å². The summed E-state index contributed by atoms with van der Waals surface area (Å²) >= 11 is -2.11. The van der Waals surface area contributed by atoms with Gasteiger partial charge in [-0.15, -0.1) is 0 Å². The topological polar surface area (TPSA) is 31.4 Å². The Bertz CT molecular complexity index is 397. The molecule has 0 atom stereocenters. The number of hydrogen-bond donors (Lipinski definition) is 0. The molecule has 1 heterocycles. The van der Waals surface area contributed by atoms with Gasteiger partial charge in [0.05, 0.1) is 0 Å². The minimum absolute atomic E-state index is 0.389.